The Hall–Kier alpha value is -3.46. The Morgan fingerprint density at radius 3 is 2.84 bits per heavy atom. The molecule has 2 aromatic carbocycles. The Morgan fingerprint density at radius 2 is 2.06 bits per heavy atom. The van der Waals surface area contributed by atoms with Gasteiger partial charge in [0, 0.05) is 5.56 Å². The Bertz CT molecular complexity index is 1300. The number of nitrogens with zero attached hydrogens (tertiary/aromatic N) is 2. The minimum atomic E-state index is -2.98. The fourth-order valence-electron chi connectivity index (χ4n) is 3.75. The summed E-state index contributed by atoms with van der Waals surface area (Å²) in [5, 5.41) is 10.1. The second-order valence-corrected chi connectivity index (χ2v) is 7.37. The molecule has 1 N–H and O–H groups in total. The average Bonchev–Trinajstić information content (AvgIpc) is 3.18. The van der Waals surface area contributed by atoms with Crippen molar-refractivity contribution >= 4 is 22.0 Å². The van der Waals surface area contributed by atoms with Crippen LogP contribution in [-0.4, -0.2) is 41.0 Å². The molecule has 0 bridgehead atoms. The van der Waals surface area contributed by atoms with E-state index in [2.05, 4.69) is 14.7 Å². The lowest BCUT2D eigenvalue weighted by Gasteiger charge is -2.25. The summed E-state index contributed by atoms with van der Waals surface area (Å²) in [6.45, 7) is 0.872. The first-order chi connectivity index (χ1) is 14.9. The van der Waals surface area contributed by atoms with Gasteiger partial charge in [-0.3, -0.25) is 0 Å². The molecule has 7 nitrogen and oxygen atoms in total. The Balaban J connectivity index is 1.66. The predicted molar refractivity (Wildman–Crippen MR) is 108 cm³/mol. The molecule has 31 heavy (non-hydrogen) atoms. The molecule has 0 amide bonds. The molecular formula is C22H18F2N2O5. The van der Waals surface area contributed by atoms with Crippen molar-refractivity contribution < 1.29 is 32.5 Å². The molecule has 3 heterocycles. The van der Waals surface area contributed by atoms with Crippen molar-refractivity contribution in [3.05, 3.63) is 41.6 Å². The first kappa shape index (κ1) is 19.5. The molecule has 0 spiro atoms. The Morgan fingerprint density at radius 1 is 1.23 bits per heavy atom. The number of aliphatic hydroxyl groups excluding tert-OH is 1. The standard InChI is InChI=1S/C22H18F2N2O5/c1-10-3-13(19-15(4-10)26-18(7-25-19)31-22(23)24)16-6-14-20(30-16)11(2)5-17-21(14)28-9-12(8-27)29-17/h3-7,12,22,27H,8-9H2,1-2H3. The quantitative estimate of drug-likeness (QED) is 0.516. The van der Waals surface area contributed by atoms with Crippen molar-refractivity contribution in [2.24, 2.45) is 0 Å². The molecular weight excluding hydrogens is 410 g/mol. The number of benzene rings is 2. The summed E-state index contributed by atoms with van der Waals surface area (Å²) in [6.07, 6.45) is 0.742. The minimum absolute atomic E-state index is 0.141. The second-order valence-electron chi connectivity index (χ2n) is 7.37. The van der Waals surface area contributed by atoms with E-state index in [1.54, 1.807) is 6.07 Å². The first-order valence-corrected chi connectivity index (χ1v) is 9.63. The van der Waals surface area contributed by atoms with Crippen LogP contribution >= 0.6 is 0 Å². The molecule has 0 aliphatic carbocycles. The van der Waals surface area contributed by atoms with Gasteiger partial charge >= 0.3 is 6.61 Å². The summed E-state index contributed by atoms with van der Waals surface area (Å²) < 4.78 is 47.3. The topological polar surface area (TPSA) is 86.8 Å². The number of aliphatic hydroxyl groups is 1. The molecule has 0 fully saturated rings. The van der Waals surface area contributed by atoms with Crippen molar-refractivity contribution in [3.63, 3.8) is 0 Å². The lowest BCUT2D eigenvalue weighted by molar-refractivity contribution is -0.0528. The van der Waals surface area contributed by atoms with Crippen LogP contribution in [0, 0.1) is 13.8 Å². The molecule has 1 atom stereocenters. The predicted octanol–water partition coefficient (Wildman–Crippen LogP) is 4.39. The van der Waals surface area contributed by atoms with Crippen molar-refractivity contribution in [2.45, 2.75) is 26.6 Å². The number of alkyl halides is 2. The van der Waals surface area contributed by atoms with E-state index in [4.69, 9.17) is 13.9 Å². The monoisotopic (exact) mass is 428 g/mol. The van der Waals surface area contributed by atoms with Gasteiger partial charge in [0.1, 0.15) is 18.0 Å². The highest BCUT2D eigenvalue weighted by molar-refractivity contribution is 5.97. The van der Waals surface area contributed by atoms with Crippen molar-refractivity contribution in [3.8, 4) is 28.7 Å². The molecule has 5 rings (SSSR count). The average molecular weight is 428 g/mol. The maximum atomic E-state index is 12.5. The number of rotatable bonds is 4. The molecule has 1 unspecified atom stereocenters. The number of aromatic nitrogens is 2. The van der Waals surface area contributed by atoms with E-state index < -0.39 is 12.7 Å². The van der Waals surface area contributed by atoms with Crippen LogP contribution in [-0.2, 0) is 0 Å². The van der Waals surface area contributed by atoms with E-state index in [1.165, 1.54) is 0 Å². The minimum Gasteiger partial charge on any atom is -0.485 e. The molecule has 0 saturated carbocycles. The van der Waals surface area contributed by atoms with E-state index in [9.17, 15) is 13.9 Å². The van der Waals surface area contributed by atoms with Crippen molar-refractivity contribution in [1.82, 2.24) is 9.97 Å². The Kier molecular flexibility index (Phi) is 4.62. The third-order valence-corrected chi connectivity index (χ3v) is 5.06. The van der Waals surface area contributed by atoms with Gasteiger partial charge in [0.2, 0.25) is 5.88 Å². The summed E-state index contributed by atoms with van der Waals surface area (Å²) in [5.41, 5.74) is 3.92. The highest BCUT2D eigenvalue weighted by Crippen LogP contribution is 2.44. The number of hydrogen-bond donors (Lipinski definition) is 1. The van der Waals surface area contributed by atoms with Gasteiger partial charge in [0.05, 0.1) is 29.2 Å². The zero-order chi connectivity index (χ0) is 21.7. The van der Waals surface area contributed by atoms with Gasteiger partial charge in [-0.1, -0.05) is 0 Å². The van der Waals surface area contributed by atoms with Gasteiger partial charge in [-0.2, -0.15) is 8.78 Å². The largest absolute Gasteiger partial charge is 0.485 e. The molecule has 160 valence electrons. The molecule has 2 aromatic heterocycles. The van der Waals surface area contributed by atoms with Gasteiger partial charge in [-0.25, -0.2) is 9.97 Å². The van der Waals surface area contributed by atoms with Gasteiger partial charge in [0.25, 0.3) is 0 Å². The maximum Gasteiger partial charge on any atom is 0.388 e. The lowest BCUT2D eigenvalue weighted by atomic mass is 10.1. The summed E-state index contributed by atoms with van der Waals surface area (Å²) in [5.74, 6) is 1.38. The van der Waals surface area contributed by atoms with Gasteiger partial charge in [-0.15, -0.1) is 0 Å². The molecule has 9 heteroatoms. The van der Waals surface area contributed by atoms with E-state index in [0.717, 1.165) is 22.7 Å². The SMILES string of the molecule is Cc1cc(-c2cc3c4c(cc(C)c3o2)OC(CO)CO4)c2ncc(OC(F)F)nc2c1. The fraction of sp³-hybridized carbons (Fsp3) is 0.273. The number of fused-ring (bicyclic) bond motifs is 4. The number of hydrogen-bond acceptors (Lipinski definition) is 7. The van der Waals surface area contributed by atoms with Crippen molar-refractivity contribution in [2.75, 3.05) is 13.2 Å². The van der Waals surface area contributed by atoms with Crippen LogP contribution in [0.5, 0.6) is 17.4 Å². The van der Waals surface area contributed by atoms with Crippen LogP contribution in [0.2, 0.25) is 0 Å². The molecule has 4 aromatic rings. The van der Waals surface area contributed by atoms with Crippen LogP contribution in [0.15, 0.2) is 34.9 Å². The van der Waals surface area contributed by atoms with Crippen LogP contribution in [0.4, 0.5) is 8.78 Å². The zero-order valence-corrected chi connectivity index (χ0v) is 16.7. The second kappa shape index (κ2) is 7.35. The normalized spacial score (nSPS) is 15.7. The van der Waals surface area contributed by atoms with Gasteiger partial charge in [-0.05, 0) is 49.2 Å². The van der Waals surface area contributed by atoms with Crippen LogP contribution in [0.3, 0.4) is 0 Å². The van der Waals surface area contributed by atoms with E-state index in [0.29, 0.717) is 39.4 Å². The highest BCUT2D eigenvalue weighted by Gasteiger charge is 2.26. The summed E-state index contributed by atoms with van der Waals surface area (Å²) in [4.78, 5) is 8.44. The number of aryl methyl sites for hydroxylation is 2. The number of ether oxygens (including phenoxy) is 3. The first-order valence-electron chi connectivity index (χ1n) is 9.63. The molecule has 1 aliphatic rings. The van der Waals surface area contributed by atoms with E-state index in [1.807, 2.05) is 32.0 Å². The van der Waals surface area contributed by atoms with E-state index >= 15 is 0 Å². The summed E-state index contributed by atoms with van der Waals surface area (Å²) in [7, 11) is 0. The lowest BCUT2D eigenvalue weighted by Crippen LogP contribution is -2.32. The number of halogens is 2. The van der Waals surface area contributed by atoms with Crippen LogP contribution < -0.4 is 14.2 Å². The fourth-order valence-corrected chi connectivity index (χ4v) is 3.75. The van der Waals surface area contributed by atoms with Gasteiger partial charge in [0.15, 0.2) is 17.6 Å². The number of furan rings is 1. The van der Waals surface area contributed by atoms with Gasteiger partial charge < -0.3 is 23.7 Å². The third kappa shape index (κ3) is 3.40. The van der Waals surface area contributed by atoms with Crippen molar-refractivity contribution in [1.29, 1.82) is 0 Å². The molecule has 0 radical (unpaired) electrons. The smallest absolute Gasteiger partial charge is 0.388 e. The summed E-state index contributed by atoms with van der Waals surface area (Å²) in [6, 6.07) is 7.29. The van der Waals surface area contributed by atoms with Crippen LogP contribution in [0.25, 0.3) is 33.3 Å². The third-order valence-electron chi connectivity index (χ3n) is 5.06. The highest BCUT2D eigenvalue weighted by atomic mass is 19.3. The maximum absolute atomic E-state index is 12.5. The molecule has 0 saturated heterocycles. The Labute approximate surface area is 175 Å². The van der Waals surface area contributed by atoms with E-state index in [-0.39, 0.29) is 19.1 Å². The van der Waals surface area contributed by atoms with Crippen LogP contribution in [0.1, 0.15) is 11.1 Å². The zero-order valence-electron chi connectivity index (χ0n) is 16.7. The molecule has 1 aliphatic heterocycles. The summed E-state index contributed by atoms with van der Waals surface area (Å²) >= 11 is 0.